The Morgan fingerprint density at radius 3 is 2.86 bits per heavy atom. The SMILES string of the molecule is CC(C)NC(=O)C1=C(c2cccnc2)[C@@H]2Oc3c(O)ccc4c3[C@@]23CCN(CC2CC2)[C@H](C4)[C@]3(O)C1. The van der Waals surface area contributed by atoms with Gasteiger partial charge in [0.25, 0.3) is 0 Å². The number of phenolic OH excluding ortho intramolecular Hbond substituents is 1. The zero-order valence-corrected chi connectivity index (χ0v) is 20.8. The molecule has 36 heavy (non-hydrogen) atoms. The number of hydrogen-bond donors (Lipinski definition) is 3. The third kappa shape index (κ3) is 2.87. The number of benzene rings is 1. The molecule has 7 heteroatoms. The smallest absolute Gasteiger partial charge is 0.247 e. The minimum Gasteiger partial charge on any atom is -0.504 e. The first-order valence-corrected chi connectivity index (χ1v) is 13.3. The first-order valence-electron chi connectivity index (χ1n) is 13.3. The molecule has 1 spiro atoms. The average molecular weight is 488 g/mol. The van der Waals surface area contributed by atoms with Gasteiger partial charge in [0, 0.05) is 59.7 Å². The molecular weight excluding hydrogens is 454 g/mol. The van der Waals surface area contributed by atoms with E-state index >= 15 is 0 Å². The number of carbonyl (C=O) groups is 1. The van der Waals surface area contributed by atoms with Gasteiger partial charge in [0.2, 0.25) is 5.91 Å². The number of aliphatic hydroxyl groups is 1. The van der Waals surface area contributed by atoms with Crippen molar-refractivity contribution in [1.82, 2.24) is 15.2 Å². The van der Waals surface area contributed by atoms with Crippen LogP contribution < -0.4 is 10.1 Å². The van der Waals surface area contributed by atoms with Crippen molar-refractivity contribution in [3.63, 3.8) is 0 Å². The molecule has 0 unspecified atom stereocenters. The number of pyridine rings is 1. The summed E-state index contributed by atoms with van der Waals surface area (Å²) in [5.41, 5.74) is 2.34. The van der Waals surface area contributed by atoms with Crippen LogP contribution in [0, 0.1) is 5.92 Å². The highest BCUT2D eigenvalue weighted by atomic mass is 16.5. The third-order valence-corrected chi connectivity index (χ3v) is 9.21. The number of phenols is 1. The lowest BCUT2D eigenvalue weighted by atomic mass is 9.48. The Bertz CT molecular complexity index is 1290. The lowest BCUT2D eigenvalue weighted by Gasteiger charge is -2.63. The monoisotopic (exact) mass is 487 g/mol. The van der Waals surface area contributed by atoms with Crippen LogP contribution in [0.15, 0.2) is 42.2 Å². The molecule has 3 aliphatic carbocycles. The lowest BCUT2D eigenvalue weighted by Crippen LogP contribution is -2.75. The number of amides is 1. The highest BCUT2D eigenvalue weighted by Gasteiger charge is 2.73. The molecule has 3 N–H and O–H groups in total. The second-order valence-corrected chi connectivity index (χ2v) is 11.7. The molecule has 1 amide bonds. The number of aromatic hydroxyl groups is 1. The van der Waals surface area contributed by atoms with Crippen molar-refractivity contribution >= 4 is 11.5 Å². The van der Waals surface area contributed by atoms with E-state index in [2.05, 4.69) is 15.2 Å². The van der Waals surface area contributed by atoms with E-state index in [0.29, 0.717) is 30.1 Å². The Hall–Kier alpha value is -2.90. The fourth-order valence-corrected chi connectivity index (χ4v) is 7.59. The van der Waals surface area contributed by atoms with Crippen molar-refractivity contribution in [2.75, 3.05) is 13.1 Å². The number of carbonyl (C=O) groups excluding carboxylic acids is 1. The van der Waals surface area contributed by atoms with E-state index in [1.54, 1.807) is 18.5 Å². The van der Waals surface area contributed by atoms with Crippen LogP contribution in [-0.4, -0.2) is 62.9 Å². The molecule has 3 heterocycles. The van der Waals surface area contributed by atoms with Crippen molar-refractivity contribution in [2.45, 2.75) is 75.2 Å². The zero-order valence-electron chi connectivity index (χ0n) is 20.8. The zero-order chi connectivity index (χ0) is 24.8. The van der Waals surface area contributed by atoms with E-state index < -0.39 is 17.1 Å². The standard InChI is InChI=1S/C29H33N3O4/c1-16(2)31-27(34)20-13-29(35)22-12-18-7-8-21(33)25-24(18)28(29,9-11-32(22)15-17-5-6-17)26(36-25)23(20)19-4-3-10-30-14-19/h3-4,7-8,10,14,16-17,22,26,33,35H,5-6,9,11-13,15H2,1-2H3,(H,31,34)/t22-,26+,28+,29-/m1/s1. The molecule has 2 bridgehead atoms. The summed E-state index contributed by atoms with van der Waals surface area (Å²) in [5, 5.41) is 26.9. The molecule has 1 saturated heterocycles. The van der Waals surface area contributed by atoms with Crippen LogP contribution >= 0.6 is 0 Å². The molecule has 4 atom stereocenters. The molecule has 0 radical (unpaired) electrons. The van der Waals surface area contributed by atoms with E-state index in [-0.39, 0.29) is 30.2 Å². The molecule has 1 saturated carbocycles. The van der Waals surface area contributed by atoms with Crippen molar-refractivity contribution in [1.29, 1.82) is 0 Å². The quantitative estimate of drug-likeness (QED) is 0.600. The number of hydrogen-bond acceptors (Lipinski definition) is 6. The van der Waals surface area contributed by atoms with Gasteiger partial charge >= 0.3 is 0 Å². The Labute approximate surface area is 211 Å². The topological polar surface area (TPSA) is 94.9 Å². The van der Waals surface area contributed by atoms with Crippen LogP contribution in [0.3, 0.4) is 0 Å². The number of nitrogens with one attached hydrogen (secondary N) is 1. The molecule has 2 aliphatic heterocycles. The summed E-state index contributed by atoms with van der Waals surface area (Å²) in [7, 11) is 0. The van der Waals surface area contributed by atoms with Gasteiger partial charge in [-0.3, -0.25) is 14.7 Å². The number of aromatic nitrogens is 1. The van der Waals surface area contributed by atoms with E-state index in [4.69, 9.17) is 4.74 Å². The third-order valence-electron chi connectivity index (χ3n) is 9.21. The van der Waals surface area contributed by atoms with Gasteiger partial charge < -0.3 is 20.3 Å². The second kappa shape index (κ2) is 7.56. The largest absolute Gasteiger partial charge is 0.504 e. The van der Waals surface area contributed by atoms with Gasteiger partial charge in [-0.25, -0.2) is 0 Å². The number of ether oxygens (including phenoxy) is 1. The molecule has 2 fully saturated rings. The lowest BCUT2D eigenvalue weighted by molar-refractivity contribution is -0.163. The number of nitrogens with zero attached hydrogens (tertiary/aromatic N) is 2. The molecule has 1 aromatic heterocycles. The van der Waals surface area contributed by atoms with Crippen LogP contribution in [0.25, 0.3) is 5.57 Å². The minimum absolute atomic E-state index is 0.0414. The first-order chi connectivity index (χ1) is 17.3. The molecule has 188 valence electrons. The first kappa shape index (κ1) is 22.3. The van der Waals surface area contributed by atoms with E-state index in [1.165, 1.54) is 12.8 Å². The van der Waals surface area contributed by atoms with Crippen LogP contribution in [-0.2, 0) is 16.6 Å². The van der Waals surface area contributed by atoms with Gasteiger partial charge in [-0.2, -0.15) is 0 Å². The summed E-state index contributed by atoms with van der Waals surface area (Å²) in [6.07, 6.45) is 7.05. The van der Waals surface area contributed by atoms with Gasteiger partial charge in [0.05, 0.1) is 11.0 Å². The Morgan fingerprint density at radius 2 is 2.14 bits per heavy atom. The van der Waals surface area contributed by atoms with Crippen molar-refractivity contribution < 1.29 is 19.7 Å². The molecule has 7 nitrogen and oxygen atoms in total. The van der Waals surface area contributed by atoms with Crippen molar-refractivity contribution in [2.24, 2.45) is 5.92 Å². The van der Waals surface area contributed by atoms with Crippen LogP contribution in [0.5, 0.6) is 11.5 Å². The summed E-state index contributed by atoms with van der Waals surface area (Å²) in [6, 6.07) is 7.39. The van der Waals surface area contributed by atoms with E-state index in [9.17, 15) is 15.0 Å². The highest BCUT2D eigenvalue weighted by molar-refractivity contribution is 6.04. The minimum atomic E-state index is -1.19. The van der Waals surface area contributed by atoms with Gasteiger partial charge in [0.15, 0.2) is 11.5 Å². The number of rotatable bonds is 5. The van der Waals surface area contributed by atoms with Gasteiger partial charge in [-0.15, -0.1) is 0 Å². The predicted molar refractivity (Wildman–Crippen MR) is 135 cm³/mol. The van der Waals surface area contributed by atoms with Gasteiger partial charge in [0.1, 0.15) is 6.10 Å². The summed E-state index contributed by atoms with van der Waals surface area (Å²) in [4.78, 5) is 20.5. The molecule has 2 aromatic rings. The predicted octanol–water partition coefficient (Wildman–Crippen LogP) is 2.94. The number of likely N-dealkylation sites (tertiary alicyclic amines) is 1. The highest BCUT2D eigenvalue weighted by Crippen LogP contribution is 2.67. The van der Waals surface area contributed by atoms with Crippen molar-refractivity contribution in [3.05, 3.63) is 58.9 Å². The summed E-state index contributed by atoms with van der Waals surface area (Å²) >= 11 is 0. The summed E-state index contributed by atoms with van der Waals surface area (Å²) in [5.74, 6) is 1.09. The van der Waals surface area contributed by atoms with Crippen LogP contribution in [0.2, 0.25) is 0 Å². The fraction of sp³-hybridized carbons (Fsp3) is 0.517. The van der Waals surface area contributed by atoms with Gasteiger partial charge in [-0.1, -0.05) is 12.1 Å². The number of piperidine rings is 1. The fourth-order valence-electron chi connectivity index (χ4n) is 7.59. The second-order valence-electron chi connectivity index (χ2n) is 11.7. The molecule has 7 rings (SSSR count). The van der Waals surface area contributed by atoms with Crippen LogP contribution in [0.4, 0.5) is 0 Å². The van der Waals surface area contributed by atoms with E-state index in [0.717, 1.165) is 35.4 Å². The van der Waals surface area contributed by atoms with E-state index in [1.807, 2.05) is 32.0 Å². The normalized spacial score (nSPS) is 32.3. The maximum atomic E-state index is 13.7. The Morgan fingerprint density at radius 1 is 1.31 bits per heavy atom. The van der Waals surface area contributed by atoms with Gasteiger partial charge in [-0.05, 0) is 69.7 Å². The molecule has 1 aromatic carbocycles. The maximum Gasteiger partial charge on any atom is 0.247 e. The summed E-state index contributed by atoms with van der Waals surface area (Å²) in [6.45, 7) is 5.74. The Balaban J connectivity index is 1.48. The maximum absolute atomic E-state index is 13.7. The average Bonchev–Trinajstić information content (AvgIpc) is 3.59. The molecule has 5 aliphatic rings. The molecular formula is C29H33N3O4. The summed E-state index contributed by atoms with van der Waals surface area (Å²) < 4.78 is 6.66. The van der Waals surface area contributed by atoms with Crippen molar-refractivity contribution in [3.8, 4) is 11.5 Å². The van der Waals surface area contributed by atoms with Crippen LogP contribution in [0.1, 0.15) is 56.2 Å². The Kier molecular flexibility index (Phi) is 4.68.